The average Bonchev–Trinajstić information content (AvgIpc) is 2.69. The quantitative estimate of drug-likeness (QED) is 0.856. The second-order valence-electron chi connectivity index (χ2n) is 3.84. The van der Waals surface area contributed by atoms with Crippen LogP contribution < -0.4 is 5.76 Å². The molecule has 106 valence electrons. The van der Waals surface area contributed by atoms with Crippen molar-refractivity contribution in [3.63, 3.8) is 0 Å². The van der Waals surface area contributed by atoms with Crippen LogP contribution in [0, 0.1) is 0 Å². The van der Waals surface area contributed by atoms with Crippen molar-refractivity contribution in [1.82, 2.24) is 9.78 Å². The van der Waals surface area contributed by atoms with Gasteiger partial charge in [0.05, 0.1) is 6.54 Å². The van der Waals surface area contributed by atoms with Gasteiger partial charge in [-0.15, -0.1) is 5.10 Å². The van der Waals surface area contributed by atoms with E-state index in [2.05, 4.69) is 5.10 Å². The number of benzene rings is 1. The molecule has 2 rings (SSSR count). The molecule has 8 heteroatoms. The summed E-state index contributed by atoms with van der Waals surface area (Å²) in [5.41, 5.74) is 0.436. The Morgan fingerprint density at radius 3 is 2.55 bits per heavy atom. The van der Waals surface area contributed by atoms with Crippen LogP contribution in [0.25, 0.3) is 11.5 Å². The van der Waals surface area contributed by atoms with E-state index in [9.17, 15) is 13.6 Å². The van der Waals surface area contributed by atoms with Crippen LogP contribution in [0.4, 0.5) is 8.78 Å². The number of halogens is 4. The maximum atomic E-state index is 11.9. The topological polar surface area (TPSA) is 48.0 Å². The summed E-state index contributed by atoms with van der Waals surface area (Å²) in [4.78, 5) is 11.5. The van der Waals surface area contributed by atoms with Crippen molar-refractivity contribution >= 4 is 23.2 Å². The first-order valence-electron chi connectivity index (χ1n) is 5.51. The Labute approximate surface area is 122 Å². The number of allylic oxidation sites excluding steroid dienone is 1. The Bertz CT molecular complexity index is 685. The van der Waals surface area contributed by atoms with E-state index in [-0.39, 0.29) is 18.9 Å². The van der Waals surface area contributed by atoms with Crippen LogP contribution in [0.3, 0.4) is 0 Å². The maximum Gasteiger partial charge on any atom is 0.437 e. The smallest absolute Gasteiger partial charge is 0.388 e. The highest BCUT2D eigenvalue weighted by Crippen LogP contribution is 2.25. The Morgan fingerprint density at radius 1 is 1.30 bits per heavy atom. The summed E-state index contributed by atoms with van der Waals surface area (Å²) in [5.74, 6) is -0.701. The molecule has 0 saturated heterocycles. The van der Waals surface area contributed by atoms with Gasteiger partial charge >= 0.3 is 5.76 Å². The second kappa shape index (κ2) is 6.19. The summed E-state index contributed by atoms with van der Waals surface area (Å²) in [7, 11) is 0. The summed E-state index contributed by atoms with van der Waals surface area (Å²) in [6.45, 7) is -0.00598. The first kappa shape index (κ1) is 14.7. The van der Waals surface area contributed by atoms with Crippen molar-refractivity contribution in [2.75, 3.05) is 0 Å². The second-order valence-corrected chi connectivity index (χ2v) is 4.71. The molecule has 2 aromatic rings. The molecule has 0 aliphatic rings. The Morgan fingerprint density at radius 2 is 1.95 bits per heavy atom. The third-order valence-electron chi connectivity index (χ3n) is 2.36. The SMILES string of the molecule is O=c1oc(-c2cc(Cl)cc(Cl)c2)nn1CCC=C(F)F. The van der Waals surface area contributed by atoms with Crippen LogP contribution >= 0.6 is 23.2 Å². The standard InChI is InChI=1S/C12H8Cl2F2N2O2/c13-8-4-7(5-9(14)6-8)11-17-18(12(19)20-11)3-1-2-10(15)16/h2,4-6H,1,3H2. The van der Waals surface area contributed by atoms with Crippen LogP contribution in [0.5, 0.6) is 0 Å². The highest BCUT2D eigenvalue weighted by atomic mass is 35.5. The molecule has 1 aromatic heterocycles. The molecule has 0 bridgehead atoms. The number of hydrogen-bond donors (Lipinski definition) is 0. The number of hydrogen-bond acceptors (Lipinski definition) is 3. The summed E-state index contributed by atoms with van der Waals surface area (Å²) in [6.07, 6.45) is -1.12. The normalized spacial score (nSPS) is 10.6. The van der Waals surface area contributed by atoms with Gasteiger partial charge in [0, 0.05) is 15.6 Å². The first-order chi connectivity index (χ1) is 9.45. The molecule has 0 saturated carbocycles. The van der Waals surface area contributed by atoms with E-state index in [1.165, 1.54) is 18.2 Å². The van der Waals surface area contributed by atoms with E-state index in [1.807, 2.05) is 0 Å². The van der Waals surface area contributed by atoms with Crippen LogP contribution in [0.15, 0.2) is 39.6 Å². The van der Waals surface area contributed by atoms with Crippen LogP contribution in [0.2, 0.25) is 10.0 Å². The van der Waals surface area contributed by atoms with Crippen LogP contribution in [-0.2, 0) is 6.54 Å². The van der Waals surface area contributed by atoms with Gasteiger partial charge in [-0.05, 0) is 30.7 Å². The molecule has 20 heavy (non-hydrogen) atoms. The van der Waals surface area contributed by atoms with E-state index in [4.69, 9.17) is 27.6 Å². The maximum absolute atomic E-state index is 11.9. The minimum Gasteiger partial charge on any atom is -0.388 e. The van der Waals surface area contributed by atoms with Crippen molar-refractivity contribution < 1.29 is 13.2 Å². The lowest BCUT2D eigenvalue weighted by atomic mass is 10.2. The van der Waals surface area contributed by atoms with Crippen molar-refractivity contribution in [2.24, 2.45) is 0 Å². The Kier molecular flexibility index (Phi) is 4.57. The highest BCUT2D eigenvalue weighted by molar-refractivity contribution is 6.35. The molecule has 0 N–H and O–H groups in total. The van der Waals surface area contributed by atoms with Crippen molar-refractivity contribution in [3.8, 4) is 11.5 Å². The zero-order valence-electron chi connectivity index (χ0n) is 9.95. The van der Waals surface area contributed by atoms with Gasteiger partial charge in [0.1, 0.15) is 0 Å². The Hall–Kier alpha value is -1.66. The van der Waals surface area contributed by atoms with E-state index >= 15 is 0 Å². The number of rotatable bonds is 4. The monoisotopic (exact) mass is 320 g/mol. The van der Waals surface area contributed by atoms with Gasteiger partial charge in [0.15, 0.2) is 0 Å². The molecular formula is C12H8Cl2F2N2O2. The average molecular weight is 321 g/mol. The first-order valence-corrected chi connectivity index (χ1v) is 6.27. The number of nitrogens with zero attached hydrogens (tertiary/aromatic N) is 2. The third-order valence-corrected chi connectivity index (χ3v) is 2.79. The third kappa shape index (κ3) is 3.68. The minimum atomic E-state index is -1.80. The van der Waals surface area contributed by atoms with Crippen LogP contribution in [0.1, 0.15) is 6.42 Å². The van der Waals surface area contributed by atoms with E-state index in [0.717, 1.165) is 4.68 Å². The largest absolute Gasteiger partial charge is 0.437 e. The summed E-state index contributed by atoms with van der Waals surface area (Å²) in [6, 6.07) is 4.59. The van der Waals surface area contributed by atoms with Crippen molar-refractivity contribution in [1.29, 1.82) is 0 Å². The zero-order valence-corrected chi connectivity index (χ0v) is 11.5. The van der Waals surface area contributed by atoms with Gasteiger partial charge in [-0.1, -0.05) is 23.2 Å². The van der Waals surface area contributed by atoms with Gasteiger partial charge in [0.2, 0.25) is 5.89 Å². The van der Waals surface area contributed by atoms with Gasteiger partial charge < -0.3 is 4.42 Å². The van der Waals surface area contributed by atoms with E-state index in [1.54, 1.807) is 0 Å². The van der Waals surface area contributed by atoms with Gasteiger partial charge in [0.25, 0.3) is 6.08 Å². The van der Waals surface area contributed by atoms with Gasteiger partial charge in [-0.2, -0.15) is 13.5 Å². The molecule has 4 nitrogen and oxygen atoms in total. The molecule has 0 fully saturated rings. The molecule has 0 amide bonds. The lowest BCUT2D eigenvalue weighted by molar-refractivity contribution is 0.413. The lowest BCUT2D eigenvalue weighted by Gasteiger charge is -1.97. The zero-order chi connectivity index (χ0) is 14.7. The number of aryl methyl sites for hydroxylation is 1. The molecule has 0 unspecified atom stereocenters. The predicted octanol–water partition coefficient (Wildman–Crippen LogP) is 3.98. The molecule has 0 radical (unpaired) electrons. The van der Waals surface area contributed by atoms with E-state index in [0.29, 0.717) is 21.7 Å². The summed E-state index contributed by atoms with van der Waals surface area (Å²) in [5, 5.41) is 4.64. The van der Waals surface area contributed by atoms with Crippen molar-refractivity contribution in [2.45, 2.75) is 13.0 Å². The fraction of sp³-hybridized carbons (Fsp3) is 0.167. The fourth-order valence-electron chi connectivity index (χ4n) is 1.54. The summed E-state index contributed by atoms with van der Waals surface area (Å²) >= 11 is 11.7. The molecule has 0 aliphatic heterocycles. The Balaban J connectivity index is 2.26. The number of aromatic nitrogens is 2. The fourth-order valence-corrected chi connectivity index (χ4v) is 2.06. The van der Waals surface area contributed by atoms with Crippen molar-refractivity contribution in [3.05, 3.63) is 51.0 Å². The van der Waals surface area contributed by atoms with Crippen LogP contribution in [-0.4, -0.2) is 9.78 Å². The van der Waals surface area contributed by atoms with Gasteiger partial charge in [-0.3, -0.25) is 0 Å². The highest BCUT2D eigenvalue weighted by Gasteiger charge is 2.11. The predicted molar refractivity (Wildman–Crippen MR) is 71.1 cm³/mol. The lowest BCUT2D eigenvalue weighted by Crippen LogP contribution is -2.15. The molecule has 0 atom stereocenters. The minimum absolute atomic E-state index is 0.00598. The molecule has 1 heterocycles. The molecular weight excluding hydrogens is 313 g/mol. The molecule has 0 aliphatic carbocycles. The van der Waals surface area contributed by atoms with Gasteiger partial charge in [-0.25, -0.2) is 4.79 Å². The molecule has 0 spiro atoms. The van der Waals surface area contributed by atoms with E-state index < -0.39 is 11.8 Å². The molecule has 1 aromatic carbocycles. The summed E-state index contributed by atoms with van der Waals surface area (Å²) < 4.78 is 29.7.